The van der Waals surface area contributed by atoms with E-state index >= 15 is 0 Å². The van der Waals surface area contributed by atoms with Gasteiger partial charge in [0.05, 0.1) is 19.4 Å². The van der Waals surface area contributed by atoms with Crippen LogP contribution in [0.2, 0.25) is 0 Å². The Hall–Kier alpha value is -3.26. The minimum Gasteiger partial charge on any atom is -0.481 e. The number of carbonyl (C=O) groups excluding carboxylic acids is 4. The SMILES string of the molecule is CC(NC(=O)C(CC(=O)O)NC(=O)C(CC(N)=O)NC(=O)C(N)CO)C(=O)O. The van der Waals surface area contributed by atoms with Crippen LogP contribution in [-0.4, -0.2) is 81.7 Å². The van der Waals surface area contributed by atoms with Crippen LogP contribution in [0.25, 0.3) is 0 Å². The molecule has 14 heteroatoms. The second kappa shape index (κ2) is 11.5. The van der Waals surface area contributed by atoms with E-state index < -0.39 is 79.2 Å². The number of rotatable bonds is 12. The van der Waals surface area contributed by atoms with Crippen molar-refractivity contribution >= 4 is 35.6 Å². The molecule has 14 nitrogen and oxygen atoms in total. The Labute approximate surface area is 158 Å². The summed E-state index contributed by atoms with van der Waals surface area (Å²) in [5.41, 5.74) is 10.3. The zero-order valence-corrected chi connectivity index (χ0v) is 14.9. The van der Waals surface area contributed by atoms with Gasteiger partial charge in [0, 0.05) is 0 Å². The topological polar surface area (TPSA) is 251 Å². The van der Waals surface area contributed by atoms with Crippen LogP contribution in [0.4, 0.5) is 0 Å². The monoisotopic (exact) mass is 405 g/mol. The largest absolute Gasteiger partial charge is 0.481 e. The summed E-state index contributed by atoms with van der Waals surface area (Å²) < 4.78 is 0. The molecule has 0 aliphatic heterocycles. The first-order chi connectivity index (χ1) is 12.9. The van der Waals surface area contributed by atoms with Crippen LogP contribution in [0.3, 0.4) is 0 Å². The number of primary amides is 1. The standard InChI is InChI=1S/C14H23N5O9/c1-5(14(27)28)17-12(25)8(3-10(22)23)19-13(26)7(2-9(16)21)18-11(24)6(15)4-20/h5-8,20H,2-4,15H2,1H3,(H2,16,21)(H,17,25)(H,18,24)(H,19,26)(H,22,23)(H,27,28). The number of nitrogens with two attached hydrogens (primary N) is 2. The third-order valence-electron chi connectivity index (χ3n) is 3.31. The second-order valence-corrected chi connectivity index (χ2v) is 5.75. The van der Waals surface area contributed by atoms with Gasteiger partial charge in [-0.3, -0.25) is 28.8 Å². The van der Waals surface area contributed by atoms with Crippen molar-refractivity contribution in [2.24, 2.45) is 11.5 Å². The van der Waals surface area contributed by atoms with Crippen molar-refractivity contribution in [2.75, 3.05) is 6.61 Å². The summed E-state index contributed by atoms with van der Waals surface area (Å²) in [6.07, 6.45) is -1.61. The van der Waals surface area contributed by atoms with E-state index in [-0.39, 0.29) is 0 Å². The van der Waals surface area contributed by atoms with Crippen molar-refractivity contribution in [3.8, 4) is 0 Å². The molecule has 4 atom stereocenters. The molecular weight excluding hydrogens is 382 g/mol. The molecule has 0 aromatic heterocycles. The quantitative estimate of drug-likeness (QED) is 0.154. The summed E-state index contributed by atoms with van der Waals surface area (Å²) in [5.74, 6) is -7.13. The highest BCUT2D eigenvalue weighted by atomic mass is 16.4. The lowest BCUT2D eigenvalue weighted by Crippen LogP contribution is -2.58. The molecule has 28 heavy (non-hydrogen) atoms. The number of hydrogen-bond donors (Lipinski definition) is 8. The first kappa shape index (κ1) is 24.7. The lowest BCUT2D eigenvalue weighted by atomic mass is 10.1. The van der Waals surface area contributed by atoms with Gasteiger partial charge >= 0.3 is 11.9 Å². The molecule has 0 aliphatic carbocycles. The summed E-state index contributed by atoms with van der Waals surface area (Å²) >= 11 is 0. The highest BCUT2D eigenvalue weighted by Gasteiger charge is 2.31. The fourth-order valence-electron chi connectivity index (χ4n) is 1.80. The number of hydrogen-bond acceptors (Lipinski definition) is 8. The molecule has 0 aromatic carbocycles. The third-order valence-corrected chi connectivity index (χ3v) is 3.31. The Kier molecular flexibility index (Phi) is 10.1. The van der Waals surface area contributed by atoms with Gasteiger partial charge < -0.3 is 42.7 Å². The number of amides is 4. The summed E-state index contributed by atoms with van der Waals surface area (Å²) in [6.45, 7) is 0.361. The van der Waals surface area contributed by atoms with Gasteiger partial charge in [-0.15, -0.1) is 0 Å². The van der Waals surface area contributed by atoms with Crippen LogP contribution in [0, 0.1) is 0 Å². The molecule has 4 amide bonds. The molecule has 0 radical (unpaired) electrons. The fourth-order valence-corrected chi connectivity index (χ4v) is 1.80. The fraction of sp³-hybridized carbons (Fsp3) is 0.571. The zero-order valence-electron chi connectivity index (χ0n) is 14.9. The molecular formula is C14H23N5O9. The Morgan fingerprint density at radius 3 is 1.75 bits per heavy atom. The van der Waals surface area contributed by atoms with Crippen LogP contribution in [0.1, 0.15) is 19.8 Å². The molecule has 0 spiro atoms. The van der Waals surface area contributed by atoms with Crippen LogP contribution < -0.4 is 27.4 Å². The van der Waals surface area contributed by atoms with E-state index in [0.29, 0.717) is 0 Å². The Balaban J connectivity index is 5.35. The highest BCUT2D eigenvalue weighted by molar-refractivity contribution is 5.97. The van der Waals surface area contributed by atoms with Crippen molar-refractivity contribution < 1.29 is 44.1 Å². The molecule has 0 rings (SSSR count). The van der Waals surface area contributed by atoms with Crippen molar-refractivity contribution in [2.45, 2.75) is 43.9 Å². The number of aliphatic carboxylic acids is 2. The molecule has 158 valence electrons. The average molecular weight is 405 g/mol. The smallest absolute Gasteiger partial charge is 0.325 e. The number of carboxylic acids is 2. The van der Waals surface area contributed by atoms with Gasteiger partial charge in [-0.2, -0.15) is 0 Å². The van der Waals surface area contributed by atoms with Crippen molar-refractivity contribution in [1.82, 2.24) is 16.0 Å². The molecule has 0 aromatic rings. The predicted molar refractivity (Wildman–Crippen MR) is 90.2 cm³/mol. The van der Waals surface area contributed by atoms with Crippen molar-refractivity contribution in [1.29, 1.82) is 0 Å². The maximum absolute atomic E-state index is 12.3. The molecule has 0 saturated heterocycles. The lowest BCUT2D eigenvalue weighted by molar-refractivity contribution is -0.143. The van der Waals surface area contributed by atoms with Gasteiger partial charge in [0.15, 0.2) is 0 Å². The molecule has 0 heterocycles. The van der Waals surface area contributed by atoms with Crippen LogP contribution in [-0.2, 0) is 28.8 Å². The minimum atomic E-state index is -1.70. The van der Waals surface area contributed by atoms with E-state index in [1.807, 2.05) is 16.0 Å². The summed E-state index contributed by atoms with van der Waals surface area (Å²) in [5, 5.41) is 32.6. The number of carboxylic acid groups (broad SMARTS) is 2. The van der Waals surface area contributed by atoms with Gasteiger partial charge in [0.2, 0.25) is 23.6 Å². The molecule has 10 N–H and O–H groups in total. The van der Waals surface area contributed by atoms with Crippen LogP contribution in [0.15, 0.2) is 0 Å². The predicted octanol–water partition coefficient (Wildman–Crippen LogP) is -4.78. The summed E-state index contributed by atoms with van der Waals surface area (Å²) in [7, 11) is 0. The van der Waals surface area contributed by atoms with Gasteiger partial charge in [-0.25, -0.2) is 0 Å². The van der Waals surface area contributed by atoms with Gasteiger partial charge in [0.1, 0.15) is 24.2 Å². The number of aliphatic hydroxyl groups excluding tert-OH is 1. The first-order valence-electron chi connectivity index (χ1n) is 7.89. The zero-order chi connectivity index (χ0) is 22.0. The summed E-state index contributed by atoms with van der Waals surface area (Å²) in [4.78, 5) is 69.0. The van der Waals surface area contributed by atoms with E-state index in [2.05, 4.69) is 0 Å². The van der Waals surface area contributed by atoms with Crippen LogP contribution in [0.5, 0.6) is 0 Å². The van der Waals surface area contributed by atoms with Crippen molar-refractivity contribution in [3.05, 3.63) is 0 Å². The Morgan fingerprint density at radius 1 is 0.857 bits per heavy atom. The maximum atomic E-state index is 12.3. The molecule has 0 fully saturated rings. The normalized spacial score (nSPS) is 14.7. The van der Waals surface area contributed by atoms with E-state index in [4.69, 9.17) is 26.8 Å². The third kappa shape index (κ3) is 8.91. The van der Waals surface area contributed by atoms with Gasteiger partial charge in [0.25, 0.3) is 0 Å². The molecule has 0 saturated carbocycles. The Bertz CT molecular complexity index is 639. The van der Waals surface area contributed by atoms with Gasteiger partial charge in [-0.05, 0) is 6.92 Å². The summed E-state index contributed by atoms with van der Waals surface area (Å²) in [6, 6.07) is -6.09. The minimum absolute atomic E-state index is 0.706. The van der Waals surface area contributed by atoms with Crippen LogP contribution >= 0.6 is 0 Å². The molecule has 0 bridgehead atoms. The van der Waals surface area contributed by atoms with E-state index in [1.165, 1.54) is 0 Å². The number of nitrogens with one attached hydrogen (secondary N) is 3. The highest BCUT2D eigenvalue weighted by Crippen LogP contribution is 2.00. The maximum Gasteiger partial charge on any atom is 0.325 e. The number of aliphatic hydroxyl groups is 1. The van der Waals surface area contributed by atoms with Crippen molar-refractivity contribution in [3.63, 3.8) is 0 Å². The average Bonchev–Trinajstić information content (AvgIpc) is 2.58. The molecule has 4 unspecified atom stereocenters. The second-order valence-electron chi connectivity index (χ2n) is 5.75. The lowest BCUT2D eigenvalue weighted by Gasteiger charge is -2.23. The van der Waals surface area contributed by atoms with E-state index in [0.717, 1.165) is 6.92 Å². The van der Waals surface area contributed by atoms with E-state index in [1.54, 1.807) is 0 Å². The number of carbonyl (C=O) groups is 6. The van der Waals surface area contributed by atoms with Gasteiger partial charge in [-0.1, -0.05) is 0 Å². The Morgan fingerprint density at radius 2 is 1.32 bits per heavy atom. The van der Waals surface area contributed by atoms with E-state index in [9.17, 15) is 28.8 Å². The first-order valence-corrected chi connectivity index (χ1v) is 7.89. The molecule has 0 aliphatic rings.